The van der Waals surface area contributed by atoms with Crippen LogP contribution in [0.3, 0.4) is 0 Å². The number of likely N-dealkylation sites (tertiary alicyclic amines) is 1. The van der Waals surface area contributed by atoms with Crippen LogP contribution >= 0.6 is 0 Å². The summed E-state index contributed by atoms with van der Waals surface area (Å²) in [6, 6.07) is 11.9. The Balaban J connectivity index is 2.00. The van der Waals surface area contributed by atoms with E-state index in [9.17, 15) is 4.79 Å². The van der Waals surface area contributed by atoms with Crippen molar-refractivity contribution in [1.82, 2.24) is 9.30 Å². The summed E-state index contributed by atoms with van der Waals surface area (Å²) in [7, 11) is 1.66. The number of fused-ring (bicyclic) bond motifs is 3. The van der Waals surface area contributed by atoms with Gasteiger partial charge < -0.3 is 14.0 Å². The van der Waals surface area contributed by atoms with Crippen LogP contribution in [0.25, 0.3) is 16.4 Å². The number of pyridine rings is 1. The molecule has 0 atom stereocenters. The van der Waals surface area contributed by atoms with Crippen molar-refractivity contribution in [3.8, 4) is 5.75 Å². The van der Waals surface area contributed by atoms with Crippen molar-refractivity contribution in [2.45, 2.75) is 12.8 Å². The molecule has 0 N–H and O–H groups in total. The van der Waals surface area contributed by atoms with Gasteiger partial charge in [-0.2, -0.15) is 0 Å². The highest BCUT2D eigenvalue weighted by atomic mass is 16.5. The molecule has 1 fully saturated rings. The molecule has 1 saturated heterocycles. The summed E-state index contributed by atoms with van der Waals surface area (Å²) in [5.41, 5.74) is 2.78. The minimum Gasteiger partial charge on any atom is -0.497 e. The van der Waals surface area contributed by atoms with Crippen molar-refractivity contribution in [1.29, 1.82) is 0 Å². The van der Waals surface area contributed by atoms with Gasteiger partial charge in [0.2, 0.25) is 0 Å². The predicted octanol–water partition coefficient (Wildman–Crippen LogP) is 3.34. The number of carbonyl (C=O) groups excluding carboxylic acids is 1. The van der Waals surface area contributed by atoms with Crippen LogP contribution in [0.1, 0.15) is 23.2 Å². The maximum Gasteiger partial charge on any atom is 0.256 e. The monoisotopic (exact) mass is 294 g/mol. The summed E-state index contributed by atoms with van der Waals surface area (Å²) in [6.45, 7) is 1.72. The molecule has 1 aromatic carbocycles. The third-order valence-electron chi connectivity index (χ3n) is 4.46. The van der Waals surface area contributed by atoms with Gasteiger partial charge in [-0.05, 0) is 37.1 Å². The van der Waals surface area contributed by atoms with Gasteiger partial charge in [-0.1, -0.05) is 6.07 Å². The molecular formula is C18H18N2O2. The molecule has 0 spiro atoms. The van der Waals surface area contributed by atoms with Crippen molar-refractivity contribution in [2.24, 2.45) is 0 Å². The van der Waals surface area contributed by atoms with Crippen LogP contribution in [0.5, 0.6) is 5.75 Å². The molecule has 1 amide bonds. The molecule has 2 aromatic heterocycles. The second-order valence-corrected chi connectivity index (χ2v) is 5.71. The van der Waals surface area contributed by atoms with Gasteiger partial charge in [0, 0.05) is 30.7 Å². The van der Waals surface area contributed by atoms with Gasteiger partial charge in [-0.15, -0.1) is 0 Å². The van der Waals surface area contributed by atoms with Crippen LogP contribution in [-0.2, 0) is 0 Å². The smallest absolute Gasteiger partial charge is 0.256 e. The summed E-state index contributed by atoms with van der Waals surface area (Å²) < 4.78 is 7.40. The molecule has 3 heterocycles. The second kappa shape index (κ2) is 5.05. The van der Waals surface area contributed by atoms with Crippen molar-refractivity contribution >= 4 is 22.3 Å². The Bertz CT molecular complexity index is 860. The Hall–Kier alpha value is -2.49. The topological polar surface area (TPSA) is 34.0 Å². The van der Waals surface area contributed by atoms with Gasteiger partial charge in [-0.25, -0.2) is 0 Å². The molecule has 0 radical (unpaired) electrons. The molecule has 1 aliphatic rings. The van der Waals surface area contributed by atoms with Gasteiger partial charge in [0.25, 0.3) is 5.91 Å². The number of methoxy groups -OCH3 is 1. The van der Waals surface area contributed by atoms with Gasteiger partial charge >= 0.3 is 0 Å². The van der Waals surface area contributed by atoms with E-state index in [0.29, 0.717) is 0 Å². The molecule has 4 heteroatoms. The average Bonchev–Trinajstić information content (AvgIpc) is 3.20. The number of nitrogens with zero attached hydrogens (tertiary/aromatic N) is 2. The summed E-state index contributed by atoms with van der Waals surface area (Å²) in [5, 5.41) is 0.990. The second-order valence-electron chi connectivity index (χ2n) is 5.71. The maximum absolute atomic E-state index is 13.0. The first-order valence-electron chi connectivity index (χ1n) is 7.65. The van der Waals surface area contributed by atoms with Gasteiger partial charge in [0.05, 0.1) is 23.7 Å². The summed E-state index contributed by atoms with van der Waals surface area (Å²) in [5.74, 6) is 0.942. The Morgan fingerprint density at radius 1 is 1.09 bits per heavy atom. The third-order valence-corrected chi connectivity index (χ3v) is 4.46. The number of ether oxygens (including phenoxy) is 1. The first-order valence-corrected chi connectivity index (χ1v) is 7.65. The maximum atomic E-state index is 13.0. The van der Waals surface area contributed by atoms with Gasteiger partial charge in [0.1, 0.15) is 5.75 Å². The number of carbonyl (C=O) groups is 1. The molecule has 0 unspecified atom stereocenters. The minimum absolute atomic E-state index is 0.140. The molecule has 0 aliphatic carbocycles. The first kappa shape index (κ1) is 13.2. The zero-order valence-corrected chi connectivity index (χ0v) is 12.6. The summed E-state index contributed by atoms with van der Waals surface area (Å²) >= 11 is 0. The fourth-order valence-electron chi connectivity index (χ4n) is 3.35. The van der Waals surface area contributed by atoms with Crippen LogP contribution in [0.4, 0.5) is 0 Å². The van der Waals surface area contributed by atoms with Crippen LogP contribution in [-0.4, -0.2) is 35.4 Å². The van der Waals surface area contributed by atoms with E-state index in [0.717, 1.165) is 53.7 Å². The summed E-state index contributed by atoms with van der Waals surface area (Å²) in [4.78, 5) is 14.9. The SMILES string of the molecule is COc1ccc2c(C(=O)N3CCCC3)c3ccccn3c2c1. The number of amides is 1. The normalized spacial score (nSPS) is 14.9. The minimum atomic E-state index is 0.140. The highest BCUT2D eigenvalue weighted by molar-refractivity contribution is 6.14. The van der Waals surface area contributed by atoms with Gasteiger partial charge in [-0.3, -0.25) is 4.79 Å². The Morgan fingerprint density at radius 3 is 2.68 bits per heavy atom. The van der Waals surface area contributed by atoms with E-state index in [1.54, 1.807) is 7.11 Å². The van der Waals surface area contributed by atoms with Gasteiger partial charge in [0.15, 0.2) is 0 Å². The zero-order valence-electron chi connectivity index (χ0n) is 12.6. The van der Waals surface area contributed by atoms with E-state index in [4.69, 9.17) is 4.74 Å². The van der Waals surface area contributed by atoms with E-state index >= 15 is 0 Å². The summed E-state index contributed by atoms with van der Waals surface area (Å²) in [6.07, 6.45) is 4.20. The van der Waals surface area contributed by atoms with E-state index in [2.05, 4.69) is 4.40 Å². The molecule has 4 nitrogen and oxygen atoms in total. The molecule has 1 aliphatic heterocycles. The lowest BCUT2D eigenvalue weighted by Gasteiger charge is -2.15. The molecule has 22 heavy (non-hydrogen) atoms. The van der Waals surface area contributed by atoms with E-state index in [-0.39, 0.29) is 5.91 Å². The van der Waals surface area contributed by atoms with E-state index in [1.807, 2.05) is 47.5 Å². The van der Waals surface area contributed by atoms with Crippen molar-refractivity contribution in [2.75, 3.05) is 20.2 Å². The molecule has 0 saturated carbocycles. The Labute approximate surface area is 128 Å². The molecular weight excluding hydrogens is 276 g/mol. The van der Waals surface area contributed by atoms with Crippen LogP contribution in [0.15, 0.2) is 42.6 Å². The predicted molar refractivity (Wildman–Crippen MR) is 86.6 cm³/mol. The standard InChI is InChI=1S/C18H18N2O2/c1-22-13-7-8-14-16(12-13)20-11-3-2-6-15(20)17(14)18(21)19-9-4-5-10-19/h2-3,6-8,11-12H,4-5,9-10H2,1H3. The zero-order chi connectivity index (χ0) is 15.1. The molecule has 112 valence electrons. The van der Waals surface area contributed by atoms with Crippen molar-refractivity contribution < 1.29 is 9.53 Å². The lowest BCUT2D eigenvalue weighted by molar-refractivity contribution is 0.0796. The Morgan fingerprint density at radius 2 is 1.91 bits per heavy atom. The van der Waals surface area contributed by atoms with Crippen LogP contribution in [0, 0.1) is 0 Å². The van der Waals surface area contributed by atoms with Crippen molar-refractivity contribution in [3.05, 3.63) is 48.2 Å². The van der Waals surface area contributed by atoms with Crippen molar-refractivity contribution in [3.63, 3.8) is 0 Å². The van der Waals surface area contributed by atoms with Crippen LogP contribution < -0.4 is 4.74 Å². The largest absolute Gasteiger partial charge is 0.497 e. The number of benzene rings is 1. The highest BCUT2D eigenvalue weighted by Gasteiger charge is 2.25. The molecule has 4 rings (SSSR count). The number of rotatable bonds is 2. The van der Waals surface area contributed by atoms with Crippen LogP contribution in [0.2, 0.25) is 0 Å². The van der Waals surface area contributed by atoms with E-state index < -0.39 is 0 Å². The lowest BCUT2D eigenvalue weighted by atomic mass is 10.1. The lowest BCUT2D eigenvalue weighted by Crippen LogP contribution is -2.27. The third kappa shape index (κ3) is 1.87. The quantitative estimate of drug-likeness (QED) is 0.726. The first-order chi connectivity index (χ1) is 10.8. The average molecular weight is 294 g/mol. The fraction of sp³-hybridized carbons (Fsp3) is 0.278. The van der Waals surface area contributed by atoms with E-state index in [1.165, 1.54) is 0 Å². The number of hydrogen-bond donors (Lipinski definition) is 0. The highest BCUT2D eigenvalue weighted by Crippen LogP contribution is 2.31. The Kier molecular flexibility index (Phi) is 3.03. The number of aromatic nitrogens is 1. The fourth-order valence-corrected chi connectivity index (χ4v) is 3.35. The molecule has 3 aromatic rings. The number of hydrogen-bond acceptors (Lipinski definition) is 2. The molecule has 0 bridgehead atoms.